The molecule has 0 aromatic heterocycles. The minimum Gasteiger partial charge on any atom is -0.316 e. The molecule has 0 aromatic rings. The van der Waals surface area contributed by atoms with E-state index in [2.05, 4.69) is 26.1 Å². The summed E-state index contributed by atoms with van der Waals surface area (Å²) in [6, 6.07) is 0. The fraction of sp³-hybridized carbons (Fsp3) is 1.00. The van der Waals surface area contributed by atoms with E-state index in [1.807, 2.05) is 0 Å². The van der Waals surface area contributed by atoms with Gasteiger partial charge in [-0.15, -0.1) is 0 Å². The van der Waals surface area contributed by atoms with E-state index in [4.69, 9.17) is 0 Å². The highest BCUT2D eigenvalue weighted by atomic mass is 32.2. The zero-order valence-electron chi connectivity index (χ0n) is 13.2. The molecular weight excluding hydrogens is 272 g/mol. The van der Waals surface area contributed by atoms with E-state index in [0.29, 0.717) is 12.3 Å². The zero-order chi connectivity index (χ0) is 14.9. The van der Waals surface area contributed by atoms with Crippen molar-refractivity contribution < 1.29 is 8.42 Å². The minimum atomic E-state index is -3.09. The van der Waals surface area contributed by atoms with Crippen LogP contribution in [0.15, 0.2) is 0 Å². The lowest BCUT2D eigenvalue weighted by Crippen LogP contribution is -2.53. The third-order valence-electron chi connectivity index (χ3n) is 4.69. The summed E-state index contributed by atoms with van der Waals surface area (Å²) in [4.78, 5) is 0. The lowest BCUT2D eigenvalue weighted by atomic mass is 9.75. The van der Waals surface area contributed by atoms with Crippen LogP contribution in [0, 0.1) is 10.8 Å². The first-order valence-electron chi connectivity index (χ1n) is 7.91. The fourth-order valence-electron chi connectivity index (χ4n) is 3.34. The molecule has 1 unspecified atom stereocenters. The lowest BCUT2D eigenvalue weighted by Gasteiger charge is -2.45. The van der Waals surface area contributed by atoms with Gasteiger partial charge in [0.15, 0.2) is 0 Å². The molecule has 118 valence electrons. The van der Waals surface area contributed by atoms with E-state index in [0.717, 1.165) is 32.5 Å². The predicted octanol–water partition coefficient (Wildman–Crippen LogP) is 2.22. The minimum absolute atomic E-state index is 0.0763. The number of rotatable bonds is 3. The van der Waals surface area contributed by atoms with Crippen molar-refractivity contribution in [3.63, 3.8) is 0 Å². The average molecular weight is 302 g/mol. The molecular formula is C15H30N2O2S. The van der Waals surface area contributed by atoms with Crippen LogP contribution >= 0.6 is 0 Å². The van der Waals surface area contributed by atoms with Crippen LogP contribution in [0.2, 0.25) is 0 Å². The third kappa shape index (κ3) is 4.18. The SMILES string of the molecule is CC(C)(C)CCS(=O)(=O)N1CCCC2(CCCNC2)C1. The molecule has 1 N–H and O–H groups in total. The molecule has 0 saturated carbocycles. The van der Waals surface area contributed by atoms with Crippen molar-refractivity contribution in [2.24, 2.45) is 10.8 Å². The second-order valence-corrected chi connectivity index (χ2v) is 9.93. The van der Waals surface area contributed by atoms with E-state index in [9.17, 15) is 8.42 Å². The molecule has 5 heteroatoms. The highest BCUT2D eigenvalue weighted by Gasteiger charge is 2.40. The maximum atomic E-state index is 12.6. The Kier molecular flexibility index (Phi) is 4.82. The first kappa shape index (κ1) is 16.2. The second kappa shape index (κ2) is 5.93. The predicted molar refractivity (Wildman–Crippen MR) is 83.2 cm³/mol. The van der Waals surface area contributed by atoms with Gasteiger partial charge in [-0.05, 0) is 49.5 Å². The molecule has 2 saturated heterocycles. The molecule has 0 amide bonds. The Morgan fingerprint density at radius 2 is 1.90 bits per heavy atom. The number of sulfonamides is 1. The van der Waals surface area contributed by atoms with Gasteiger partial charge >= 0.3 is 0 Å². The Labute approximate surface area is 124 Å². The number of nitrogens with zero attached hydrogens (tertiary/aromatic N) is 1. The Balaban J connectivity index is 2.00. The maximum Gasteiger partial charge on any atom is 0.214 e. The summed E-state index contributed by atoms with van der Waals surface area (Å²) in [6.45, 7) is 9.82. The number of piperidine rings is 2. The van der Waals surface area contributed by atoms with Crippen molar-refractivity contribution >= 4 is 10.0 Å². The van der Waals surface area contributed by atoms with E-state index < -0.39 is 10.0 Å². The van der Waals surface area contributed by atoms with Gasteiger partial charge in [-0.3, -0.25) is 0 Å². The van der Waals surface area contributed by atoms with Gasteiger partial charge in [0.2, 0.25) is 10.0 Å². The molecule has 2 aliphatic rings. The van der Waals surface area contributed by atoms with Crippen LogP contribution in [0.25, 0.3) is 0 Å². The Morgan fingerprint density at radius 3 is 2.50 bits per heavy atom. The molecule has 2 rings (SSSR count). The van der Waals surface area contributed by atoms with Gasteiger partial charge in [0.05, 0.1) is 5.75 Å². The smallest absolute Gasteiger partial charge is 0.214 e. The van der Waals surface area contributed by atoms with E-state index in [-0.39, 0.29) is 10.8 Å². The van der Waals surface area contributed by atoms with Gasteiger partial charge < -0.3 is 5.32 Å². The molecule has 2 heterocycles. The van der Waals surface area contributed by atoms with Gasteiger partial charge in [0.1, 0.15) is 0 Å². The molecule has 20 heavy (non-hydrogen) atoms. The molecule has 4 nitrogen and oxygen atoms in total. The summed E-state index contributed by atoms with van der Waals surface area (Å²) in [5.74, 6) is 0.292. The Bertz CT molecular complexity index is 414. The fourth-order valence-corrected chi connectivity index (χ4v) is 5.35. The standard InChI is InChI=1S/C15H30N2O2S/c1-14(2,3)8-11-20(18,19)17-10-5-7-15(13-17)6-4-9-16-12-15/h16H,4-13H2,1-3H3. The van der Waals surface area contributed by atoms with Crippen molar-refractivity contribution in [1.29, 1.82) is 0 Å². The molecule has 2 aliphatic heterocycles. The molecule has 2 fully saturated rings. The van der Waals surface area contributed by atoms with Crippen LogP contribution < -0.4 is 5.32 Å². The average Bonchev–Trinajstić information content (AvgIpc) is 2.37. The number of nitrogens with one attached hydrogen (secondary N) is 1. The van der Waals surface area contributed by atoms with Crippen LogP contribution in [-0.2, 0) is 10.0 Å². The lowest BCUT2D eigenvalue weighted by molar-refractivity contribution is 0.110. The van der Waals surface area contributed by atoms with Gasteiger partial charge in [-0.1, -0.05) is 20.8 Å². The topological polar surface area (TPSA) is 49.4 Å². The summed E-state index contributed by atoms with van der Waals surface area (Å²) in [5, 5.41) is 3.45. The van der Waals surface area contributed by atoms with Crippen molar-refractivity contribution in [3.05, 3.63) is 0 Å². The van der Waals surface area contributed by atoms with Crippen LogP contribution in [0.3, 0.4) is 0 Å². The first-order chi connectivity index (χ1) is 9.23. The molecule has 0 bridgehead atoms. The summed E-state index contributed by atoms with van der Waals surface area (Å²) < 4.78 is 26.9. The Morgan fingerprint density at radius 1 is 1.20 bits per heavy atom. The van der Waals surface area contributed by atoms with Crippen molar-refractivity contribution in [3.8, 4) is 0 Å². The van der Waals surface area contributed by atoms with Crippen LogP contribution in [0.1, 0.15) is 52.9 Å². The monoisotopic (exact) mass is 302 g/mol. The molecule has 0 aliphatic carbocycles. The van der Waals surface area contributed by atoms with Gasteiger partial charge in [0.25, 0.3) is 0 Å². The third-order valence-corrected chi connectivity index (χ3v) is 6.51. The quantitative estimate of drug-likeness (QED) is 0.869. The van der Waals surface area contributed by atoms with E-state index >= 15 is 0 Å². The van der Waals surface area contributed by atoms with Crippen LogP contribution in [-0.4, -0.2) is 44.7 Å². The highest BCUT2D eigenvalue weighted by Crippen LogP contribution is 2.37. The second-order valence-electron chi connectivity index (χ2n) is 7.84. The first-order valence-corrected chi connectivity index (χ1v) is 9.52. The number of hydrogen-bond donors (Lipinski definition) is 1. The molecule has 0 aromatic carbocycles. The summed E-state index contributed by atoms with van der Waals surface area (Å²) in [6.07, 6.45) is 5.26. The molecule has 1 spiro atoms. The van der Waals surface area contributed by atoms with Crippen molar-refractivity contribution in [2.75, 3.05) is 31.9 Å². The van der Waals surface area contributed by atoms with Crippen LogP contribution in [0.5, 0.6) is 0 Å². The van der Waals surface area contributed by atoms with E-state index in [1.54, 1.807) is 4.31 Å². The summed E-state index contributed by atoms with van der Waals surface area (Å²) in [7, 11) is -3.09. The number of hydrogen-bond acceptors (Lipinski definition) is 3. The van der Waals surface area contributed by atoms with Gasteiger partial charge in [-0.25, -0.2) is 12.7 Å². The van der Waals surface area contributed by atoms with Crippen molar-refractivity contribution in [2.45, 2.75) is 52.9 Å². The Hall–Kier alpha value is -0.130. The molecule has 1 atom stereocenters. The highest BCUT2D eigenvalue weighted by molar-refractivity contribution is 7.89. The zero-order valence-corrected chi connectivity index (χ0v) is 14.1. The largest absolute Gasteiger partial charge is 0.316 e. The normalized spacial score (nSPS) is 29.8. The van der Waals surface area contributed by atoms with E-state index in [1.165, 1.54) is 19.3 Å². The van der Waals surface area contributed by atoms with Gasteiger partial charge in [0, 0.05) is 19.6 Å². The van der Waals surface area contributed by atoms with Crippen molar-refractivity contribution in [1.82, 2.24) is 9.62 Å². The molecule has 0 radical (unpaired) electrons. The summed E-state index contributed by atoms with van der Waals surface area (Å²) in [5.41, 5.74) is 0.276. The van der Waals surface area contributed by atoms with Crippen LogP contribution in [0.4, 0.5) is 0 Å². The van der Waals surface area contributed by atoms with Gasteiger partial charge in [-0.2, -0.15) is 0 Å². The maximum absolute atomic E-state index is 12.6. The summed E-state index contributed by atoms with van der Waals surface area (Å²) >= 11 is 0.